The number of fused-ring (bicyclic) bond motifs is 4. The zero-order chi connectivity index (χ0) is 16.1. The van der Waals surface area contributed by atoms with Crippen molar-refractivity contribution < 1.29 is 9.67 Å². The Balaban J connectivity index is 2.19. The van der Waals surface area contributed by atoms with E-state index in [0.29, 0.717) is 12.3 Å². The molecule has 4 aromatic rings. The van der Waals surface area contributed by atoms with E-state index in [4.69, 9.17) is 5.73 Å². The summed E-state index contributed by atoms with van der Waals surface area (Å²) in [7, 11) is 0. The van der Waals surface area contributed by atoms with Gasteiger partial charge in [0.25, 0.3) is 0 Å². The van der Waals surface area contributed by atoms with Crippen LogP contribution in [-0.4, -0.2) is 16.6 Å². The molecule has 116 valence electrons. The van der Waals surface area contributed by atoms with Crippen LogP contribution in [0.1, 0.15) is 11.1 Å². The van der Waals surface area contributed by atoms with Crippen molar-refractivity contribution in [2.75, 3.05) is 6.54 Å². The largest absolute Gasteiger partial charge is 0.508 e. The number of hydrogen-bond donors (Lipinski definition) is 3. The van der Waals surface area contributed by atoms with Gasteiger partial charge in [-0.3, -0.25) is 0 Å². The molecule has 4 nitrogen and oxygen atoms in total. The van der Waals surface area contributed by atoms with Gasteiger partial charge in [-0.05, 0) is 48.6 Å². The van der Waals surface area contributed by atoms with Gasteiger partial charge >= 0.3 is 0 Å². The average Bonchev–Trinajstić information content (AvgIpc) is 2.92. The first kappa shape index (κ1) is 14.0. The maximum atomic E-state index is 9.86. The lowest BCUT2D eigenvalue weighted by molar-refractivity contribution is -0.693. The minimum absolute atomic E-state index is 0.293. The highest BCUT2D eigenvalue weighted by molar-refractivity contribution is 6.16. The molecule has 0 unspecified atom stereocenters. The molecule has 4 N–H and O–H groups in total. The van der Waals surface area contributed by atoms with Gasteiger partial charge in [-0.25, -0.2) is 4.57 Å². The molecule has 0 saturated carbocycles. The third-order valence-electron chi connectivity index (χ3n) is 4.75. The number of H-pyrrole nitrogens is 1. The van der Waals surface area contributed by atoms with Crippen LogP contribution in [0.2, 0.25) is 0 Å². The van der Waals surface area contributed by atoms with Crippen LogP contribution in [0, 0.1) is 13.8 Å². The number of rotatable bonds is 2. The SMILES string of the molecule is Cc1c2cc[n+](CCN)cc2c(C)c2c1[nH]c1ccc(O)cc12. The van der Waals surface area contributed by atoms with E-state index in [0.717, 1.165) is 23.0 Å². The number of nitrogens with two attached hydrogens (primary N) is 1. The number of phenolic OH excluding ortho intramolecular Hbond substituents is 1. The lowest BCUT2D eigenvalue weighted by Crippen LogP contribution is -2.36. The number of nitrogens with one attached hydrogen (secondary N) is 1. The maximum absolute atomic E-state index is 9.86. The van der Waals surface area contributed by atoms with Gasteiger partial charge in [-0.15, -0.1) is 0 Å². The Bertz CT molecular complexity index is 1060. The molecule has 0 fully saturated rings. The summed E-state index contributed by atoms with van der Waals surface area (Å²) in [5.74, 6) is 0.293. The number of aromatic nitrogens is 2. The highest BCUT2D eigenvalue weighted by Crippen LogP contribution is 2.36. The van der Waals surface area contributed by atoms with Crippen LogP contribution in [0.25, 0.3) is 32.6 Å². The van der Waals surface area contributed by atoms with E-state index in [1.165, 1.54) is 27.3 Å². The van der Waals surface area contributed by atoms with Crippen molar-refractivity contribution in [3.8, 4) is 5.75 Å². The van der Waals surface area contributed by atoms with Crippen molar-refractivity contribution in [1.82, 2.24) is 4.98 Å². The monoisotopic (exact) mass is 306 g/mol. The fourth-order valence-corrected chi connectivity index (χ4v) is 3.57. The van der Waals surface area contributed by atoms with Gasteiger partial charge in [0.1, 0.15) is 5.75 Å². The van der Waals surface area contributed by atoms with Crippen molar-refractivity contribution in [3.05, 3.63) is 47.8 Å². The van der Waals surface area contributed by atoms with Gasteiger partial charge in [0.2, 0.25) is 0 Å². The third-order valence-corrected chi connectivity index (χ3v) is 4.75. The van der Waals surface area contributed by atoms with Gasteiger partial charge in [0.05, 0.1) is 12.1 Å². The third kappa shape index (κ3) is 1.99. The molecule has 0 aliphatic heterocycles. The molecule has 4 heteroatoms. The molecule has 0 aliphatic carbocycles. The van der Waals surface area contributed by atoms with Crippen molar-refractivity contribution in [1.29, 1.82) is 0 Å². The van der Waals surface area contributed by atoms with Crippen molar-refractivity contribution >= 4 is 32.6 Å². The predicted molar refractivity (Wildman–Crippen MR) is 93.7 cm³/mol. The van der Waals surface area contributed by atoms with Gasteiger partial charge in [-0.1, -0.05) is 0 Å². The molecule has 4 rings (SSSR count). The van der Waals surface area contributed by atoms with E-state index in [1.807, 2.05) is 12.1 Å². The summed E-state index contributed by atoms with van der Waals surface area (Å²) in [4.78, 5) is 3.51. The van der Waals surface area contributed by atoms with Crippen molar-refractivity contribution in [3.63, 3.8) is 0 Å². The number of aryl methyl sites for hydroxylation is 2. The summed E-state index contributed by atoms with van der Waals surface area (Å²) >= 11 is 0. The normalized spacial score (nSPS) is 11.8. The topological polar surface area (TPSA) is 65.9 Å². The summed E-state index contributed by atoms with van der Waals surface area (Å²) in [6.07, 6.45) is 4.26. The molecule has 0 radical (unpaired) electrons. The van der Waals surface area contributed by atoms with Gasteiger partial charge in [0, 0.05) is 27.7 Å². The second-order valence-electron chi connectivity index (χ2n) is 6.15. The van der Waals surface area contributed by atoms with Gasteiger partial charge < -0.3 is 15.8 Å². The highest BCUT2D eigenvalue weighted by atomic mass is 16.3. The molecule has 0 amide bonds. The molecule has 0 bridgehead atoms. The summed E-state index contributed by atoms with van der Waals surface area (Å²) in [6.45, 7) is 5.72. The van der Waals surface area contributed by atoms with E-state index in [1.54, 1.807) is 6.07 Å². The molecule has 0 saturated heterocycles. The predicted octanol–water partition coefficient (Wildman–Crippen LogP) is 3.04. The van der Waals surface area contributed by atoms with Gasteiger partial charge in [-0.2, -0.15) is 0 Å². The average molecular weight is 306 g/mol. The fraction of sp³-hybridized carbons (Fsp3) is 0.211. The van der Waals surface area contributed by atoms with E-state index >= 15 is 0 Å². The Morgan fingerprint density at radius 1 is 1.09 bits per heavy atom. The number of nitrogens with zero attached hydrogens (tertiary/aromatic N) is 1. The smallest absolute Gasteiger partial charge is 0.176 e. The Labute approximate surface area is 134 Å². The minimum atomic E-state index is 0.293. The zero-order valence-electron chi connectivity index (χ0n) is 13.4. The molecule has 0 aliphatic rings. The van der Waals surface area contributed by atoms with Gasteiger partial charge in [0.15, 0.2) is 18.9 Å². The first-order valence-corrected chi connectivity index (χ1v) is 7.86. The van der Waals surface area contributed by atoms with E-state index in [-0.39, 0.29) is 0 Å². The first-order valence-electron chi connectivity index (χ1n) is 7.86. The fourth-order valence-electron chi connectivity index (χ4n) is 3.57. The number of phenols is 1. The molecule has 2 aromatic heterocycles. The molecular formula is C19H20N3O+. The summed E-state index contributed by atoms with van der Waals surface area (Å²) in [5.41, 5.74) is 10.3. The Kier molecular flexibility index (Phi) is 3.03. The van der Waals surface area contributed by atoms with E-state index < -0.39 is 0 Å². The summed E-state index contributed by atoms with van der Waals surface area (Å²) in [5, 5.41) is 14.6. The summed E-state index contributed by atoms with van der Waals surface area (Å²) < 4.78 is 2.13. The van der Waals surface area contributed by atoms with Crippen molar-refractivity contribution in [2.24, 2.45) is 5.73 Å². The zero-order valence-corrected chi connectivity index (χ0v) is 13.4. The van der Waals surface area contributed by atoms with Crippen LogP contribution in [0.3, 0.4) is 0 Å². The molecule has 2 heterocycles. The number of aromatic hydroxyl groups is 1. The highest BCUT2D eigenvalue weighted by Gasteiger charge is 2.16. The summed E-state index contributed by atoms with van der Waals surface area (Å²) in [6, 6.07) is 7.65. The Morgan fingerprint density at radius 2 is 1.91 bits per heavy atom. The standard InChI is InChI=1S/C19H19N3O/c1-11-16-10-22(8-6-20)7-5-14(16)12(2)19-18(11)15-9-13(23)3-4-17(15)21-19/h3-5,7,9-10,23H,6,8,20H2,1-2H3/p+1. The van der Waals surface area contributed by atoms with E-state index in [2.05, 4.69) is 41.9 Å². The molecular weight excluding hydrogens is 286 g/mol. The quantitative estimate of drug-likeness (QED) is 0.498. The second kappa shape index (κ2) is 4.96. The van der Waals surface area contributed by atoms with Crippen LogP contribution in [0.4, 0.5) is 0 Å². The van der Waals surface area contributed by atoms with Crippen LogP contribution in [0.15, 0.2) is 36.7 Å². The van der Waals surface area contributed by atoms with E-state index in [9.17, 15) is 5.11 Å². The minimum Gasteiger partial charge on any atom is -0.508 e. The Hall–Kier alpha value is -2.59. The molecule has 0 atom stereocenters. The van der Waals surface area contributed by atoms with Crippen LogP contribution in [0.5, 0.6) is 5.75 Å². The van der Waals surface area contributed by atoms with Crippen molar-refractivity contribution in [2.45, 2.75) is 20.4 Å². The molecule has 0 spiro atoms. The van der Waals surface area contributed by atoms with Crippen LogP contribution in [-0.2, 0) is 6.54 Å². The lowest BCUT2D eigenvalue weighted by atomic mass is 9.97. The number of hydrogen-bond acceptors (Lipinski definition) is 2. The lowest BCUT2D eigenvalue weighted by Gasteiger charge is -2.08. The molecule has 2 aromatic carbocycles. The second-order valence-corrected chi connectivity index (χ2v) is 6.15. The maximum Gasteiger partial charge on any atom is 0.176 e. The Morgan fingerprint density at radius 3 is 2.70 bits per heavy atom. The van der Waals surface area contributed by atoms with Crippen LogP contribution < -0.4 is 10.3 Å². The number of pyridine rings is 1. The number of benzene rings is 2. The molecule has 23 heavy (non-hydrogen) atoms. The number of aromatic amines is 1. The first-order chi connectivity index (χ1) is 11.1. The van der Waals surface area contributed by atoms with Crippen LogP contribution >= 0.6 is 0 Å².